The minimum absolute atomic E-state index is 0.00261. The molecular formula is C41H43F3N6O8S2. The number of methoxy groups -OCH3 is 1. The number of allylic oxidation sites excluding steroid dienone is 1. The number of nitrogens with zero attached hydrogens (tertiary/aromatic N) is 3. The molecule has 0 spiro atoms. The second-order valence-electron chi connectivity index (χ2n) is 15.5. The molecule has 3 N–H and O–H groups in total. The number of fused-ring (bicyclic) bond motifs is 3. The van der Waals surface area contributed by atoms with E-state index in [0.717, 1.165) is 18.2 Å². The molecule has 1 saturated heterocycles. The summed E-state index contributed by atoms with van der Waals surface area (Å²) in [5.41, 5.74) is -0.518. The van der Waals surface area contributed by atoms with Gasteiger partial charge in [-0.1, -0.05) is 25.0 Å². The fourth-order valence-electron chi connectivity index (χ4n) is 7.80. The smallest absolute Gasteiger partial charge is 0.497 e. The molecule has 4 heterocycles. The molecule has 8 rings (SSSR count). The Kier molecular flexibility index (Phi) is 11.4. The Labute approximate surface area is 347 Å². The summed E-state index contributed by atoms with van der Waals surface area (Å²) in [5.74, 6) is -1.71. The maximum Gasteiger partial charge on any atom is 0.573 e. The number of carbonyl (C=O) groups is 3. The molecule has 3 amide bonds. The first-order valence-electron chi connectivity index (χ1n) is 19.7. The predicted molar refractivity (Wildman–Crippen MR) is 216 cm³/mol. The minimum atomic E-state index is -4.83. The van der Waals surface area contributed by atoms with Crippen LogP contribution in [0.15, 0.2) is 72.3 Å². The molecule has 2 aromatic carbocycles. The second-order valence-corrected chi connectivity index (χ2v) is 18.3. The number of hydrogen-bond acceptors (Lipinski definition) is 12. The molecule has 0 bridgehead atoms. The SMILES string of the molecule is COc1ccc2c(O[C@@H]3C[C@H]4C(=O)N[C@@]5(C(=O)NS(=O)(=O)C6CC6)C[C@H]5/C=C\CCCCC[C@H](Nc5nc(-c6ccc(OC(F)(F)F)cc6)cs5)C(=O)N4C3)nccc2c1. The molecule has 4 aliphatic rings. The van der Waals surface area contributed by atoms with Gasteiger partial charge in [0, 0.05) is 34.9 Å². The van der Waals surface area contributed by atoms with Crippen LogP contribution in [0.2, 0.25) is 0 Å². The molecule has 14 nitrogen and oxygen atoms in total. The molecule has 2 aliphatic heterocycles. The first-order valence-corrected chi connectivity index (χ1v) is 22.2. The highest BCUT2D eigenvalue weighted by atomic mass is 32.2. The molecule has 19 heteroatoms. The molecule has 60 heavy (non-hydrogen) atoms. The van der Waals surface area contributed by atoms with Gasteiger partial charge in [0.2, 0.25) is 27.7 Å². The molecule has 2 aliphatic carbocycles. The van der Waals surface area contributed by atoms with Crippen molar-refractivity contribution in [2.45, 2.75) is 93.1 Å². The Morgan fingerprint density at radius 2 is 1.82 bits per heavy atom. The Morgan fingerprint density at radius 3 is 2.57 bits per heavy atom. The third-order valence-corrected chi connectivity index (χ3v) is 13.8. The van der Waals surface area contributed by atoms with Crippen molar-refractivity contribution >= 4 is 55.0 Å². The molecule has 0 unspecified atom stereocenters. The first-order chi connectivity index (χ1) is 28.7. The lowest BCUT2D eigenvalue weighted by molar-refractivity contribution is -0.274. The predicted octanol–water partition coefficient (Wildman–Crippen LogP) is 6.10. The van der Waals surface area contributed by atoms with Gasteiger partial charge < -0.3 is 29.7 Å². The van der Waals surface area contributed by atoms with Crippen LogP contribution in [-0.4, -0.2) is 90.0 Å². The number of nitrogens with one attached hydrogen (secondary N) is 3. The molecule has 5 atom stereocenters. The van der Waals surface area contributed by atoms with Crippen LogP contribution in [-0.2, 0) is 24.4 Å². The maximum atomic E-state index is 14.8. The van der Waals surface area contributed by atoms with Crippen LogP contribution in [0.3, 0.4) is 0 Å². The van der Waals surface area contributed by atoms with Crippen molar-refractivity contribution in [2.75, 3.05) is 19.0 Å². The van der Waals surface area contributed by atoms with Gasteiger partial charge >= 0.3 is 6.36 Å². The summed E-state index contributed by atoms with van der Waals surface area (Å²) in [6.07, 6.45) is 4.29. The van der Waals surface area contributed by atoms with Crippen LogP contribution in [0, 0.1) is 5.92 Å². The Morgan fingerprint density at radius 1 is 1.03 bits per heavy atom. The summed E-state index contributed by atoms with van der Waals surface area (Å²) in [5, 5.41) is 9.12. The lowest BCUT2D eigenvalue weighted by Gasteiger charge is -2.29. The fourth-order valence-corrected chi connectivity index (χ4v) is 9.94. The third-order valence-electron chi connectivity index (χ3n) is 11.2. The zero-order valence-corrected chi connectivity index (χ0v) is 34.1. The van der Waals surface area contributed by atoms with Crippen molar-refractivity contribution < 1.29 is 50.2 Å². The van der Waals surface area contributed by atoms with Crippen LogP contribution in [0.1, 0.15) is 57.8 Å². The zero-order chi connectivity index (χ0) is 42.2. The molecule has 4 aromatic rings. The van der Waals surface area contributed by atoms with Crippen LogP contribution in [0.25, 0.3) is 22.0 Å². The summed E-state index contributed by atoms with van der Waals surface area (Å²) in [7, 11) is -2.35. The molecular weight excluding hydrogens is 826 g/mol. The van der Waals surface area contributed by atoms with Crippen LogP contribution >= 0.6 is 11.3 Å². The number of anilines is 1. The number of alkyl halides is 3. The highest BCUT2D eigenvalue weighted by Crippen LogP contribution is 2.46. The number of aromatic nitrogens is 2. The van der Waals surface area contributed by atoms with E-state index < -0.39 is 69.0 Å². The average molecular weight is 869 g/mol. The topological polar surface area (TPSA) is 178 Å². The Hall–Kier alpha value is -5.43. The van der Waals surface area contributed by atoms with Crippen LogP contribution in [0.5, 0.6) is 17.4 Å². The number of hydrogen-bond donors (Lipinski definition) is 3. The van der Waals surface area contributed by atoms with E-state index in [1.807, 2.05) is 30.4 Å². The normalized spacial score (nSPS) is 25.5. The Balaban J connectivity index is 1.08. The van der Waals surface area contributed by atoms with E-state index in [-0.39, 0.29) is 25.1 Å². The maximum absolute atomic E-state index is 14.8. The standard InChI is InChI=1S/C41H43F3N6O8S2/c1-56-28-13-16-31-25(19-28)17-18-45-36(31)57-29-20-34-35(51)48-40(38(53)49-60(54,55)30-14-15-30)21-26(40)7-5-3-2-4-6-8-32(37(52)50(34)22-29)46-39-47-33(23-59-39)24-9-11-27(12-10-24)58-41(42,43)44/h5,7,9-13,16-19,23,26,29-30,32,34H,2-4,6,8,14-15,20-22H2,1H3,(H,46,47)(H,48,51)(H,49,53)/b7-5-/t26-,29-,32+,34+,40+/m1/s1. The van der Waals surface area contributed by atoms with Crippen molar-refractivity contribution in [3.05, 3.63) is 72.3 Å². The van der Waals surface area contributed by atoms with Crippen LogP contribution in [0.4, 0.5) is 18.3 Å². The fraction of sp³-hybridized carbons (Fsp3) is 0.439. The van der Waals surface area contributed by atoms with Gasteiger partial charge in [-0.15, -0.1) is 24.5 Å². The third kappa shape index (κ3) is 9.16. The van der Waals surface area contributed by atoms with E-state index in [0.29, 0.717) is 65.5 Å². The van der Waals surface area contributed by atoms with Crippen molar-refractivity contribution in [3.63, 3.8) is 0 Å². The first kappa shape index (κ1) is 41.3. The summed E-state index contributed by atoms with van der Waals surface area (Å²) < 4.78 is 82.0. The number of rotatable bonds is 10. The van der Waals surface area contributed by atoms with Gasteiger partial charge in [-0.3, -0.25) is 19.1 Å². The number of carbonyl (C=O) groups excluding carboxylic acids is 3. The van der Waals surface area contributed by atoms with Gasteiger partial charge in [-0.25, -0.2) is 18.4 Å². The summed E-state index contributed by atoms with van der Waals surface area (Å²) >= 11 is 1.21. The molecule has 318 valence electrons. The van der Waals surface area contributed by atoms with Crippen molar-refractivity contribution in [1.29, 1.82) is 0 Å². The van der Waals surface area contributed by atoms with Crippen molar-refractivity contribution in [1.82, 2.24) is 24.9 Å². The molecule has 0 radical (unpaired) electrons. The average Bonchev–Trinajstić information content (AvgIpc) is 4.10. The molecule has 3 fully saturated rings. The highest BCUT2D eigenvalue weighted by Gasteiger charge is 2.62. The lowest BCUT2D eigenvalue weighted by Crippen LogP contribution is -2.57. The second kappa shape index (κ2) is 16.6. The van der Waals surface area contributed by atoms with Gasteiger partial charge in [0.25, 0.3) is 5.91 Å². The Bertz CT molecular complexity index is 2410. The quantitative estimate of drug-likeness (QED) is 0.157. The van der Waals surface area contributed by atoms with E-state index in [1.165, 1.54) is 40.5 Å². The van der Waals surface area contributed by atoms with Gasteiger partial charge in [-0.05, 0) is 92.4 Å². The largest absolute Gasteiger partial charge is 0.573 e. The van der Waals surface area contributed by atoms with Crippen molar-refractivity contribution in [2.24, 2.45) is 5.92 Å². The van der Waals surface area contributed by atoms with Gasteiger partial charge in [-0.2, -0.15) is 0 Å². The number of amides is 3. The van der Waals surface area contributed by atoms with Crippen LogP contribution < -0.4 is 29.6 Å². The number of sulfonamides is 1. The highest BCUT2D eigenvalue weighted by molar-refractivity contribution is 7.91. The number of pyridine rings is 1. The van der Waals surface area contributed by atoms with E-state index in [9.17, 15) is 36.0 Å². The van der Waals surface area contributed by atoms with E-state index in [1.54, 1.807) is 24.8 Å². The number of thiazole rings is 1. The summed E-state index contributed by atoms with van der Waals surface area (Å²) in [6.45, 7) is -0.00261. The minimum Gasteiger partial charge on any atom is -0.497 e. The number of halogens is 3. The van der Waals surface area contributed by atoms with Gasteiger partial charge in [0.05, 0.1) is 24.6 Å². The molecule has 2 aromatic heterocycles. The summed E-state index contributed by atoms with van der Waals surface area (Å²) in [6, 6.07) is 10.6. The van der Waals surface area contributed by atoms with Crippen molar-refractivity contribution in [3.8, 4) is 28.6 Å². The van der Waals surface area contributed by atoms with Gasteiger partial charge in [0.15, 0.2) is 5.13 Å². The van der Waals surface area contributed by atoms with E-state index in [4.69, 9.17) is 9.47 Å². The lowest BCUT2D eigenvalue weighted by atomic mass is 10.1. The number of benzene rings is 2. The zero-order valence-electron chi connectivity index (χ0n) is 32.4. The monoisotopic (exact) mass is 868 g/mol. The van der Waals surface area contributed by atoms with E-state index in [2.05, 4.69) is 30.1 Å². The molecule has 2 saturated carbocycles. The number of ether oxygens (including phenoxy) is 3. The summed E-state index contributed by atoms with van der Waals surface area (Å²) in [4.78, 5) is 53.6. The van der Waals surface area contributed by atoms with E-state index >= 15 is 0 Å². The van der Waals surface area contributed by atoms with Gasteiger partial charge in [0.1, 0.15) is 35.2 Å².